The van der Waals surface area contributed by atoms with E-state index in [4.69, 9.17) is 4.74 Å². The maximum Gasteiger partial charge on any atom is 0.213 e. The molecule has 0 saturated carbocycles. The van der Waals surface area contributed by atoms with Gasteiger partial charge in [0.2, 0.25) is 5.88 Å². The highest BCUT2D eigenvalue weighted by atomic mass is 127. The van der Waals surface area contributed by atoms with E-state index in [-0.39, 0.29) is 30.1 Å². The lowest BCUT2D eigenvalue weighted by Crippen LogP contribution is -2.48. The predicted molar refractivity (Wildman–Crippen MR) is 147 cm³/mol. The first-order valence-corrected chi connectivity index (χ1v) is 11.7. The number of piperidine rings is 1. The van der Waals surface area contributed by atoms with Gasteiger partial charge in [0.25, 0.3) is 0 Å². The zero-order valence-electron chi connectivity index (χ0n) is 20.5. The summed E-state index contributed by atoms with van der Waals surface area (Å²) in [5.74, 6) is 3.17. The molecule has 1 aliphatic heterocycles. The van der Waals surface area contributed by atoms with Crippen molar-refractivity contribution in [3.05, 3.63) is 47.8 Å². The Morgan fingerprint density at radius 2 is 1.94 bits per heavy atom. The quantitative estimate of drug-likeness (QED) is 0.278. The summed E-state index contributed by atoms with van der Waals surface area (Å²) in [6.45, 7) is 11.2. The Labute approximate surface area is 215 Å². The first kappa shape index (κ1) is 27.1. The van der Waals surface area contributed by atoms with Crippen molar-refractivity contribution in [3.63, 3.8) is 0 Å². The molecule has 0 aliphatic carbocycles. The number of pyridine rings is 2. The molecule has 2 aromatic heterocycles. The summed E-state index contributed by atoms with van der Waals surface area (Å²) in [6.07, 6.45) is 7.01. The number of guanidine groups is 1. The third-order valence-electron chi connectivity index (χ3n) is 5.66. The van der Waals surface area contributed by atoms with Gasteiger partial charge >= 0.3 is 0 Å². The molecule has 3 rings (SSSR count). The molecule has 3 heterocycles. The molecular weight excluding hydrogens is 527 g/mol. The van der Waals surface area contributed by atoms with Crippen molar-refractivity contribution in [3.8, 4) is 5.88 Å². The second-order valence-corrected chi connectivity index (χ2v) is 9.09. The van der Waals surface area contributed by atoms with Gasteiger partial charge in [0.1, 0.15) is 5.82 Å². The Kier molecular flexibility index (Phi) is 11.2. The van der Waals surface area contributed by atoms with Gasteiger partial charge in [-0.2, -0.15) is 0 Å². The topological polar surface area (TPSA) is 74.7 Å². The van der Waals surface area contributed by atoms with Crippen molar-refractivity contribution >= 4 is 35.8 Å². The van der Waals surface area contributed by atoms with Crippen LogP contribution in [0.1, 0.15) is 51.2 Å². The number of hydrogen-bond donors (Lipinski definition) is 2. The number of aromatic nitrogens is 2. The zero-order valence-corrected chi connectivity index (χ0v) is 22.9. The van der Waals surface area contributed by atoms with Gasteiger partial charge in [-0.1, -0.05) is 19.9 Å². The number of nitrogens with zero attached hydrogens (tertiary/aromatic N) is 4. The summed E-state index contributed by atoms with van der Waals surface area (Å²) in [5.41, 5.74) is 2.31. The summed E-state index contributed by atoms with van der Waals surface area (Å²) in [6, 6.07) is 8.65. The van der Waals surface area contributed by atoms with Crippen LogP contribution in [-0.4, -0.2) is 48.2 Å². The van der Waals surface area contributed by atoms with Crippen LogP contribution < -0.4 is 20.3 Å². The number of aliphatic imine (C=N–C) groups is 1. The third kappa shape index (κ3) is 8.98. The van der Waals surface area contributed by atoms with E-state index in [0.29, 0.717) is 24.4 Å². The van der Waals surface area contributed by atoms with Gasteiger partial charge in [-0.15, -0.1) is 24.0 Å². The lowest BCUT2D eigenvalue weighted by atomic mass is 10.1. The minimum Gasteiger partial charge on any atom is -0.475 e. The largest absolute Gasteiger partial charge is 0.475 e. The molecule has 182 valence electrons. The van der Waals surface area contributed by atoms with Gasteiger partial charge in [0.15, 0.2) is 5.96 Å². The maximum absolute atomic E-state index is 5.98. The van der Waals surface area contributed by atoms with E-state index in [1.54, 1.807) is 6.20 Å². The van der Waals surface area contributed by atoms with E-state index in [1.165, 1.54) is 5.56 Å². The molecule has 1 unspecified atom stereocenters. The standard InChI is InChI=1S/C25H38N6O.HI/c1-18(2)14-20(4)32-24-15-21(8-11-27-24)17-29-25(26-5)30-22-9-12-31(13-10-22)23-7-6-19(3)16-28-23;/h6-8,11,15-16,18,20,22H,9-10,12-14,17H2,1-5H3,(H2,26,29,30);1H. The first-order valence-electron chi connectivity index (χ1n) is 11.7. The monoisotopic (exact) mass is 566 g/mol. The van der Waals surface area contributed by atoms with Gasteiger partial charge in [0, 0.05) is 51.2 Å². The molecule has 2 aromatic rings. The molecule has 0 spiro atoms. The van der Waals surface area contributed by atoms with Gasteiger partial charge in [0.05, 0.1) is 6.10 Å². The molecule has 8 heteroatoms. The number of nitrogens with one attached hydrogen (secondary N) is 2. The van der Waals surface area contributed by atoms with E-state index in [9.17, 15) is 0 Å². The fourth-order valence-corrected chi connectivity index (χ4v) is 4.02. The third-order valence-corrected chi connectivity index (χ3v) is 5.66. The first-order chi connectivity index (χ1) is 15.4. The van der Waals surface area contributed by atoms with E-state index < -0.39 is 0 Å². The SMILES string of the molecule is CN=C(NCc1ccnc(OC(C)CC(C)C)c1)NC1CCN(c2ccc(C)cn2)CC1.I. The second kappa shape index (κ2) is 13.6. The normalized spacial score (nSPS) is 15.7. The van der Waals surface area contributed by atoms with Crippen molar-refractivity contribution in [2.24, 2.45) is 10.9 Å². The van der Waals surface area contributed by atoms with Gasteiger partial charge < -0.3 is 20.3 Å². The van der Waals surface area contributed by atoms with Gasteiger partial charge in [-0.05, 0) is 62.3 Å². The van der Waals surface area contributed by atoms with E-state index in [0.717, 1.165) is 49.7 Å². The maximum atomic E-state index is 5.98. The molecule has 1 atom stereocenters. The smallest absolute Gasteiger partial charge is 0.213 e. The summed E-state index contributed by atoms with van der Waals surface area (Å²) in [7, 11) is 1.81. The summed E-state index contributed by atoms with van der Waals surface area (Å²) >= 11 is 0. The van der Waals surface area contributed by atoms with Crippen LogP contribution in [0.4, 0.5) is 5.82 Å². The highest BCUT2D eigenvalue weighted by Crippen LogP contribution is 2.18. The highest BCUT2D eigenvalue weighted by molar-refractivity contribution is 14.0. The molecule has 0 amide bonds. The minimum absolute atomic E-state index is 0. The van der Waals surface area contributed by atoms with Crippen LogP contribution in [0.25, 0.3) is 0 Å². The molecule has 1 aliphatic rings. The Morgan fingerprint density at radius 3 is 2.58 bits per heavy atom. The molecule has 1 fully saturated rings. The predicted octanol–water partition coefficient (Wildman–Crippen LogP) is 4.55. The van der Waals surface area contributed by atoms with Crippen molar-refractivity contribution in [2.75, 3.05) is 25.0 Å². The lowest BCUT2D eigenvalue weighted by molar-refractivity contribution is 0.185. The molecule has 0 radical (unpaired) electrons. The van der Waals surface area contributed by atoms with Crippen LogP contribution in [0.2, 0.25) is 0 Å². The number of rotatable bonds is 8. The Bertz CT molecular complexity index is 865. The number of ether oxygens (including phenoxy) is 1. The van der Waals surface area contributed by atoms with Crippen LogP contribution in [0, 0.1) is 12.8 Å². The number of halogens is 1. The average Bonchev–Trinajstić information content (AvgIpc) is 2.77. The van der Waals surface area contributed by atoms with Crippen LogP contribution in [0.5, 0.6) is 5.88 Å². The summed E-state index contributed by atoms with van der Waals surface area (Å²) < 4.78 is 5.98. The van der Waals surface area contributed by atoms with Crippen LogP contribution >= 0.6 is 24.0 Å². The fourth-order valence-electron chi connectivity index (χ4n) is 4.02. The fraction of sp³-hybridized carbons (Fsp3) is 0.560. The van der Waals surface area contributed by atoms with E-state index in [2.05, 4.69) is 70.3 Å². The Morgan fingerprint density at radius 1 is 1.18 bits per heavy atom. The van der Waals surface area contributed by atoms with E-state index in [1.807, 2.05) is 25.4 Å². The van der Waals surface area contributed by atoms with Crippen LogP contribution in [0.3, 0.4) is 0 Å². The number of aryl methyl sites for hydroxylation is 1. The van der Waals surface area contributed by atoms with E-state index >= 15 is 0 Å². The average molecular weight is 567 g/mol. The molecular formula is C25H39IN6O. The zero-order chi connectivity index (χ0) is 22.9. The second-order valence-electron chi connectivity index (χ2n) is 9.09. The number of hydrogen-bond acceptors (Lipinski definition) is 5. The number of anilines is 1. The summed E-state index contributed by atoms with van der Waals surface area (Å²) in [5, 5.41) is 6.99. The lowest BCUT2D eigenvalue weighted by Gasteiger charge is -2.33. The molecule has 2 N–H and O–H groups in total. The molecule has 33 heavy (non-hydrogen) atoms. The molecule has 0 bridgehead atoms. The highest BCUT2D eigenvalue weighted by Gasteiger charge is 2.21. The van der Waals surface area contributed by atoms with Crippen molar-refractivity contribution < 1.29 is 4.74 Å². The van der Waals surface area contributed by atoms with Crippen molar-refractivity contribution in [1.29, 1.82) is 0 Å². The molecule has 1 saturated heterocycles. The Hall–Kier alpha value is -2.10. The van der Waals surface area contributed by atoms with Gasteiger partial charge in [-0.25, -0.2) is 9.97 Å². The molecule has 7 nitrogen and oxygen atoms in total. The van der Waals surface area contributed by atoms with Crippen LogP contribution in [0.15, 0.2) is 41.7 Å². The minimum atomic E-state index is 0. The Balaban J connectivity index is 0.00000385. The summed E-state index contributed by atoms with van der Waals surface area (Å²) in [4.78, 5) is 15.7. The molecule has 0 aromatic carbocycles. The van der Waals surface area contributed by atoms with Gasteiger partial charge in [-0.3, -0.25) is 4.99 Å². The van der Waals surface area contributed by atoms with Crippen molar-refractivity contribution in [2.45, 2.75) is 65.6 Å². The van der Waals surface area contributed by atoms with Crippen molar-refractivity contribution in [1.82, 2.24) is 20.6 Å². The van der Waals surface area contributed by atoms with Crippen LogP contribution in [-0.2, 0) is 6.54 Å².